The van der Waals surface area contributed by atoms with E-state index >= 15 is 0 Å². The van der Waals surface area contributed by atoms with E-state index in [1.807, 2.05) is 61.5 Å². The van der Waals surface area contributed by atoms with Crippen LogP contribution in [-0.2, 0) is 22.6 Å². The van der Waals surface area contributed by atoms with Gasteiger partial charge < -0.3 is 10.6 Å². The molecule has 0 radical (unpaired) electrons. The SMILES string of the molecule is Cc1ccc(CC(=O)NCC(=O)NCc2ccccc2)cc1. The predicted octanol–water partition coefficient (Wildman–Crippen LogP) is 1.97. The van der Waals surface area contributed by atoms with Gasteiger partial charge in [0, 0.05) is 6.54 Å². The van der Waals surface area contributed by atoms with Crippen LogP contribution >= 0.6 is 0 Å². The maximum atomic E-state index is 11.8. The Morgan fingerprint density at radius 3 is 2.18 bits per heavy atom. The second-order valence-corrected chi connectivity index (χ2v) is 5.20. The Hall–Kier alpha value is -2.62. The molecule has 114 valence electrons. The zero-order chi connectivity index (χ0) is 15.8. The first-order valence-electron chi connectivity index (χ1n) is 7.26. The fourth-order valence-corrected chi connectivity index (χ4v) is 1.99. The summed E-state index contributed by atoms with van der Waals surface area (Å²) in [7, 11) is 0. The van der Waals surface area contributed by atoms with Gasteiger partial charge in [0.15, 0.2) is 0 Å². The lowest BCUT2D eigenvalue weighted by atomic mass is 10.1. The molecule has 2 rings (SSSR count). The second-order valence-electron chi connectivity index (χ2n) is 5.20. The highest BCUT2D eigenvalue weighted by Gasteiger charge is 2.06. The summed E-state index contributed by atoms with van der Waals surface area (Å²) in [6.45, 7) is 2.46. The lowest BCUT2D eigenvalue weighted by Gasteiger charge is -2.07. The highest BCUT2D eigenvalue weighted by molar-refractivity contribution is 5.85. The van der Waals surface area contributed by atoms with E-state index in [1.54, 1.807) is 0 Å². The Morgan fingerprint density at radius 2 is 1.50 bits per heavy atom. The summed E-state index contributed by atoms with van der Waals surface area (Å²) in [6, 6.07) is 17.4. The van der Waals surface area contributed by atoms with Crippen LogP contribution in [0.5, 0.6) is 0 Å². The van der Waals surface area contributed by atoms with Crippen LogP contribution in [0.2, 0.25) is 0 Å². The molecule has 2 N–H and O–H groups in total. The van der Waals surface area contributed by atoms with Crippen LogP contribution < -0.4 is 10.6 Å². The highest BCUT2D eigenvalue weighted by Crippen LogP contribution is 2.03. The number of carbonyl (C=O) groups is 2. The van der Waals surface area contributed by atoms with Crippen molar-refractivity contribution in [2.75, 3.05) is 6.54 Å². The Balaban J connectivity index is 1.69. The van der Waals surface area contributed by atoms with Gasteiger partial charge in [0.05, 0.1) is 13.0 Å². The summed E-state index contributed by atoms with van der Waals surface area (Å²) in [5.41, 5.74) is 3.12. The molecule has 0 aromatic heterocycles. The fraction of sp³-hybridized carbons (Fsp3) is 0.222. The Kier molecular flexibility index (Phi) is 5.72. The number of amides is 2. The van der Waals surface area contributed by atoms with Gasteiger partial charge in [0.25, 0.3) is 0 Å². The van der Waals surface area contributed by atoms with Crippen molar-refractivity contribution in [3.8, 4) is 0 Å². The van der Waals surface area contributed by atoms with Crippen LogP contribution in [0.3, 0.4) is 0 Å². The standard InChI is InChI=1S/C18H20N2O2/c1-14-7-9-15(10-8-14)11-17(21)20-13-18(22)19-12-16-5-3-2-4-6-16/h2-10H,11-13H2,1H3,(H,19,22)(H,20,21). The molecule has 2 aromatic rings. The number of carbonyl (C=O) groups excluding carboxylic acids is 2. The van der Waals surface area contributed by atoms with E-state index in [2.05, 4.69) is 10.6 Å². The number of benzene rings is 2. The molecule has 22 heavy (non-hydrogen) atoms. The smallest absolute Gasteiger partial charge is 0.239 e. The largest absolute Gasteiger partial charge is 0.350 e. The third kappa shape index (κ3) is 5.40. The zero-order valence-corrected chi connectivity index (χ0v) is 12.6. The monoisotopic (exact) mass is 296 g/mol. The summed E-state index contributed by atoms with van der Waals surface area (Å²) in [6.07, 6.45) is 0.284. The Morgan fingerprint density at radius 1 is 0.818 bits per heavy atom. The molecule has 0 aliphatic carbocycles. The molecule has 4 heteroatoms. The van der Waals surface area contributed by atoms with Gasteiger partial charge in [0.1, 0.15) is 0 Å². The molecule has 0 saturated heterocycles. The molecule has 0 spiro atoms. The van der Waals surface area contributed by atoms with Gasteiger partial charge in [0.2, 0.25) is 11.8 Å². The molecule has 0 fully saturated rings. The summed E-state index contributed by atoms with van der Waals surface area (Å²) in [5, 5.41) is 5.40. The number of aryl methyl sites for hydroxylation is 1. The van der Waals surface area contributed by atoms with Crippen molar-refractivity contribution >= 4 is 11.8 Å². The van der Waals surface area contributed by atoms with E-state index in [0.717, 1.165) is 16.7 Å². The molecule has 0 saturated carbocycles. The topological polar surface area (TPSA) is 58.2 Å². The first-order chi connectivity index (χ1) is 10.6. The Labute approximate surface area is 130 Å². The molecule has 0 bridgehead atoms. The first kappa shape index (κ1) is 15.8. The van der Waals surface area contributed by atoms with Gasteiger partial charge in [-0.25, -0.2) is 0 Å². The molecular weight excluding hydrogens is 276 g/mol. The molecule has 0 atom stereocenters. The van der Waals surface area contributed by atoms with Crippen molar-refractivity contribution in [2.24, 2.45) is 0 Å². The molecule has 2 amide bonds. The van der Waals surface area contributed by atoms with E-state index in [0.29, 0.717) is 6.54 Å². The van der Waals surface area contributed by atoms with E-state index in [1.165, 1.54) is 0 Å². The molecule has 0 aliphatic heterocycles. The van der Waals surface area contributed by atoms with Crippen LogP contribution in [0.15, 0.2) is 54.6 Å². The van der Waals surface area contributed by atoms with Gasteiger partial charge in [-0.05, 0) is 18.1 Å². The molecule has 4 nitrogen and oxygen atoms in total. The average Bonchev–Trinajstić information content (AvgIpc) is 2.54. The van der Waals surface area contributed by atoms with Crippen molar-refractivity contribution in [2.45, 2.75) is 19.9 Å². The summed E-state index contributed by atoms with van der Waals surface area (Å²) in [4.78, 5) is 23.5. The van der Waals surface area contributed by atoms with E-state index < -0.39 is 0 Å². The van der Waals surface area contributed by atoms with Gasteiger partial charge in [-0.3, -0.25) is 9.59 Å². The zero-order valence-electron chi connectivity index (χ0n) is 12.6. The van der Waals surface area contributed by atoms with Gasteiger partial charge in [-0.15, -0.1) is 0 Å². The fourth-order valence-electron chi connectivity index (χ4n) is 1.99. The lowest BCUT2D eigenvalue weighted by Crippen LogP contribution is -2.37. The number of hydrogen-bond acceptors (Lipinski definition) is 2. The molecular formula is C18H20N2O2. The van der Waals surface area contributed by atoms with E-state index in [9.17, 15) is 9.59 Å². The lowest BCUT2D eigenvalue weighted by molar-refractivity contribution is -0.125. The van der Waals surface area contributed by atoms with Gasteiger partial charge >= 0.3 is 0 Å². The van der Waals surface area contributed by atoms with Crippen LogP contribution in [0.25, 0.3) is 0 Å². The van der Waals surface area contributed by atoms with Crippen molar-refractivity contribution in [1.82, 2.24) is 10.6 Å². The van der Waals surface area contributed by atoms with E-state index in [-0.39, 0.29) is 24.8 Å². The maximum Gasteiger partial charge on any atom is 0.239 e. The summed E-state index contributed by atoms with van der Waals surface area (Å²) >= 11 is 0. The van der Waals surface area contributed by atoms with Crippen LogP contribution in [0.4, 0.5) is 0 Å². The van der Waals surface area contributed by atoms with Crippen LogP contribution in [-0.4, -0.2) is 18.4 Å². The van der Waals surface area contributed by atoms with Crippen molar-refractivity contribution < 1.29 is 9.59 Å². The second kappa shape index (κ2) is 7.98. The minimum absolute atomic E-state index is 0.00245. The predicted molar refractivity (Wildman–Crippen MR) is 86.2 cm³/mol. The van der Waals surface area contributed by atoms with Gasteiger partial charge in [-0.2, -0.15) is 0 Å². The number of nitrogens with one attached hydrogen (secondary N) is 2. The molecule has 0 aliphatic rings. The Bertz CT molecular complexity index is 621. The minimum atomic E-state index is -0.193. The quantitative estimate of drug-likeness (QED) is 0.856. The first-order valence-corrected chi connectivity index (χ1v) is 7.26. The highest BCUT2D eigenvalue weighted by atomic mass is 16.2. The van der Waals surface area contributed by atoms with Gasteiger partial charge in [-0.1, -0.05) is 60.2 Å². The van der Waals surface area contributed by atoms with E-state index in [4.69, 9.17) is 0 Å². The van der Waals surface area contributed by atoms with Crippen molar-refractivity contribution in [1.29, 1.82) is 0 Å². The molecule has 0 unspecified atom stereocenters. The third-order valence-electron chi connectivity index (χ3n) is 3.26. The average molecular weight is 296 g/mol. The minimum Gasteiger partial charge on any atom is -0.350 e. The van der Waals surface area contributed by atoms with Crippen LogP contribution in [0.1, 0.15) is 16.7 Å². The maximum absolute atomic E-state index is 11.8. The third-order valence-corrected chi connectivity index (χ3v) is 3.26. The summed E-state index contributed by atoms with van der Waals surface area (Å²) < 4.78 is 0. The van der Waals surface area contributed by atoms with Crippen molar-refractivity contribution in [3.05, 3.63) is 71.3 Å². The summed E-state index contributed by atoms with van der Waals surface area (Å²) in [5.74, 6) is -0.347. The van der Waals surface area contributed by atoms with Crippen molar-refractivity contribution in [3.63, 3.8) is 0 Å². The van der Waals surface area contributed by atoms with Crippen LogP contribution in [0, 0.1) is 6.92 Å². The number of hydrogen-bond donors (Lipinski definition) is 2. The molecule has 0 heterocycles. The number of rotatable bonds is 6. The molecule has 2 aromatic carbocycles. The normalized spacial score (nSPS) is 10.0.